The van der Waals surface area contributed by atoms with E-state index in [2.05, 4.69) is 5.32 Å². The fourth-order valence-corrected chi connectivity index (χ4v) is 1.50. The highest BCUT2D eigenvalue weighted by atomic mass is 35.5. The van der Waals surface area contributed by atoms with Crippen LogP contribution in [-0.2, 0) is 6.18 Å². The average molecular weight is 268 g/mol. The van der Waals surface area contributed by atoms with Crippen molar-refractivity contribution in [2.75, 3.05) is 11.9 Å². The topological polar surface area (TPSA) is 32.3 Å². The van der Waals surface area contributed by atoms with E-state index in [0.29, 0.717) is 18.7 Å². The lowest BCUT2D eigenvalue weighted by molar-refractivity contribution is -0.137. The molecule has 0 radical (unpaired) electrons. The van der Waals surface area contributed by atoms with Gasteiger partial charge in [-0.2, -0.15) is 13.2 Å². The van der Waals surface area contributed by atoms with Crippen LogP contribution in [0, 0.1) is 0 Å². The smallest absolute Gasteiger partial charge is 0.393 e. The summed E-state index contributed by atoms with van der Waals surface area (Å²) in [4.78, 5) is 0. The molecule has 17 heavy (non-hydrogen) atoms. The van der Waals surface area contributed by atoms with Gasteiger partial charge in [-0.15, -0.1) is 0 Å². The molecule has 0 aliphatic heterocycles. The molecule has 0 amide bonds. The zero-order valence-electron chi connectivity index (χ0n) is 9.18. The third-order valence-corrected chi connectivity index (χ3v) is 2.49. The number of aliphatic hydroxyl groups excluding tert-OH is 1. The highest BCUT2D eigenvalue weighted by Crippen LogP contribution is 2.36. The Balaban J connectivity index is 2.76. The molecule has 0 fully saturated rings. The van der Waals surface area contributed by atoms with Gasteiger partial charge in [0.1, 0.15) is 0 Å². The van der Waals surface area contributed by atoms with E-state index in [9.17, 15) is 13.2 Å². The predicted octanol–water partition coefficient (Wildman–Crippen LogP) is 3.54. The standard InChI is InChI=1S/C11H13ClF3NO/c1-7(17)4-5-16-8-2-3-10(12)9(6-8)11(13,14)15/h2-3,6-7,16-17H,4-5H2,1H3. The number of hydrogen-bond acceptors (Lipinski definition) is 2. The number of anilines is 1. The third-order valence-electron chi connectivity index (χ3n) is 2.16. The van der Waals surface area contributed by atoms with E-state index < -0.39 is 17.8 Å². The van der Waals surface area contributed by atoms with E-state index in [1.807, 2.05) is 0 Å². The summed E-state index contributed by atoms with van der Waals surface area (Å²) in [6, 6.07) is 3.64. The first kappa shape index (κ1) is 14.1. The number of rotatable bonds is 4. The van der Waals surface area contributed by atoms with E-state index in [1.54, 1.807) is 6.92 Å². The largest absolute Gasteiger partial charge is 0.417 e. The van der Waals surface area contributed by atoms with Crippen LogP contribution in [0.15, 0.2) is 18.2 Å². The maximum atomic E-state index is 12.5. The Hall–Kier alpha value is -0.940. The van der Waals surface area contributed by atoms with Crippen molar-refractivity contribution in [1.82, 2.24) is 0 Å². The summed E-state index contributed by atoms with van der Waals surface area (Å²) in [5, 5.41) is 11.5. The molecule has 1 aromatic carbocycles. The number of halogens is 4. The van der Waals surface area contributed by atoms with Gasteiger partial charge in [0.2, 0.25) is 0 Å². The van der Waals surface area contributed by atoms with E-state index in [0.717, 1.165) is 6.07 Å². The van der Waals surface area contributed by atoms with Gasteiger partial charge in [0, 0.05) is 12.2 Å². The molecule has 0 aliphatic carbocycles. The number of nitrogens with one attached hydrogen (secondary N) is 1. The molecule has 0 saturated heterocycles. The summed E-state index contributed by atoms with van der Waals surface area (Å²) in [6.07, 6.45) is -4.49. The maximum Gasteiger partial charge on any atom is 0.417 e. The molecule has 0 bridgehead atoms. The van der Waals surface area contributed by atoms with Gasteiger partial charge < -0.3 is 10.4 Å². The van der Waals surface area contributed by atoms with E-state index >= 15 is 0 Å². The zero-order chi connectivity index (χ0) is 13.1. The van der Waals surface area contributed by atoms with E-state index in [-0.39, 0.29) is 5.02 Å². The van der Waals surface area contributed by atoms with Gasteiger partial charge in [-0.1, -0.05) is 11.6 Å². The first-order chi connectivity index (χ1) is 7.80. The monoisotopic (exact) mass is 267 g/mol. The van der Waals surface area contributed by atoms with Crippen LogP contribution < -0.4 is 5.32 Å². The van der Waals surface area contributed by atoms with Gasteiger partial charge >= 0.3 is 6.18 Å². The van der Waals surface area contributed by atoms with Crippen molar-refractivity contribution < 1.29 is 18.3 Å². The van der Waals surface area contributed by atoms with Crippen LogP contribution in [0.4, 0.5) is 18.9 Å². The second-order valence-corrected chi connectivity index (χ2v) is 4.16. The Bertz CT molecular complexity index is 379. The fourth-order valence-electron chi connectivity index (χ4n) is 1.28. The SMILES string of the molecule is CC(O)CCNc1ccc(Cl)c(C(F)(F)F)c1. The molecule has 0 aromatic heterocycles. The maximum absolute atomic E-state index is 12.5. The molecule has 0 saturated carbocycles. The second-order valence-electron chi connectivity index (χ2n) is 3.76. The lowest BCUT2D eigenvalue weighted by atomic mass is 10.2. The lowest BCUT2D eigenvalue weighted by Crippen LogP contribution is -2.11. The van der Waals surface area contributed by atoms with Gasteiger partial charge in [0.25, 0.3) is 0 Å². The van der Waals surface area contributed by atoms with Crippen molar-refractivity contribution >= 4 is 17.3 Å². The fraction of sp³-hybridized carbons (Fsp3) is 0.455. The summed E-state index contributed by atoms with van der Waals surface area (Å²) in [5.74, 6) is 0. The molecule has 0 heterocycles. The minimum Gasteiger partial charge on any atom is -0.393 e. The average Bonchev–Trinajstić information content (AvgIpc) is 2.18. The van der Waals surface area contributed by atoms with E-state index in [1.165, 1.54) is 12.1 Å². The molecular formula is C11H13ClF3NO. The molecule has 1 unspecified atom stereocenters. The van der Waals surface area contributed by atoms with Crippen LogP contribution in [0.5, 0.6) is 0 Å². The Morgan fingerprint density at radius 2 is 2.06 bits per heavy atom. The minimum absolute atomic E-state index is 0.321. The molecule has 6 heteroatoms. The van der Waals surface area contributed by atoms with Crippen molar-refractivity contribution in [1.29, 1.82) is 0 Å². The molecular weight excluding hydrogens is 255 g/mol. The number of aliphatic hydroxyl groups is 1. The quantitative estimate of drug-likeness (QED) is 0.874. The van der Waals surface area contributed by atoms with Gasteiger partial charge in [-0.05, 0) is 31.5 Å². The van der Waals surface area contributed by atoms with Gasteiger partial charge in [-0.25, -0.2) is 0 Å². The number of alkyl halides is 3. The summed E-state index contributed by atoms with van der Waals surface area (Å²) >= 11 is 5.48. The first-order valence-electron chi connectivity index (χ1n) is 5.09. The van der Waals surface area contributed by atoms with Crippen molar-refractivity contribution in [2.45, 2.75) is 25.6 Å². The normalized spacial score (nSPS) is 13.5. The Morgan fingerprint density at radius 3 is 2.59 bits per heavy atom. The predicted molar refractivity (Wildman–Crippen MR) is 61.2 cm³/mol. The Labute approximate surface area is 102 Å². The summed E-state index contributed by atoms with van der Waals surface area (Å²) in [7, 11) is 0. The summed E-state index contributed by atoms with van der Waals surface area (Å²) < 4.78 is 37.6. The summed E-state index contributed by atoms with van der Waals surface area (Å²) in [6.45, 7) is 2.02. The number of hydrogen-bond donors (Lipinski definition) is 2. The first-order valence-corrected chi connectivity index (χ1v) is 5.47. The Kier molecular flexibility index (Phi) is 4.65. The van der Waals surface area contributed by atoms with Crippen molar-refractivity contribution in [3.05, 3.63) is 28.8 Å². The van der Waals surface area contributed by atoms with Crippen molar-refractivity contribution in [3.8, 4) is 0 Å². The minimum atomic E-state index is -4.46. The molecule has 0 aliphatic rings. The van der Waals surface area contributed by atoms with E-state index in [4.69, 9.17) is 16.7 Å². The molecule has 2 nitrogen and oxygen atoms in total. The van der Waals surface area contributed by atoms with Crippen LogP contribution >= 0.6 is 11.6 Å². The van der Waals surface area contributed by atoms with Crippen LogP contribution in [0.3, 0.4) is 0 Å². The highest BCUT2D eigenvalue weighted by Gasteiger charge is 2.33. The second kappa shape index (κ2) is 5.60. The molecule has 2 N–H and O–H groups in total. The molecule has 1 atom stereocenters. The van der Waals surface area contributed by atoms with Gasteiger partial charge in [-0.3, -0.25) is 0 Å². The highest BCUT2D eigenvalue weighted by molar-refractivity contribution is 6.31. The van der Waals surface area contributed by atoms with Crippen molar-refractivity contribution in [3.63, 3.8) is 0 Å². The molecule has 96 valence electrons. The van der Waals surface area contributed by atoms with Gasteiger partial charge in [0.15, 0.2) is 0 Å². The third kappa shape index (κ3) is 4.44. The summed E-state index contributed by atoms with van der Waals surface area (Å²) in [5.41, 5.74) is -0.524. The zero-order valence-corrected chi connectivity index (χ0v) is 9.94. The van der Waals surface area contributed by atoms with Crippen LogP contribution in [0.1, 0.15) is 18.9 Å². The van der Waals surface area contributed by atoms with Crippen LogP contribution in [-0.4, -0.2) is 17.8 Å². The molecule has 0 spiro atoms. The van der Waals surface area contributed by atoms with Crippen LogP contribution in [0.25, 0.3) is 0 Å². The lowest BCUT2D eigenvalue weighted by Gasteiger charge is -2.12. The van der Waals surface area contributed by atoms with Crippen LogP contribution in [0.2, 0.25) is 5.02 Å². The van der Waals surface area contributed by atoms with Crippen molar-refractivity contribution in [2.24, 2.45) is 0 Å². The Morgan fingerprint density at radius 1 is 1.41 bits per heavy atom. The van der Waals surface area contributed by atoms with Gasteiger partial charge in [0.05, 0.1) is 16.7 Å². The molecule has 1 rings (SSSR count). The molecule has 1 aromatic rings. The number of benzene rings is 1.